The molecular weight excluding hydrogens is 428 g/mol. The van der Waals surface area contributed by atoms with Crippen molar-refractivity contribution in [3.05, 3.63) is 87.1 Å². The molecule has 140 valence electrons. The number of ether oxygens (including phenoxy) is 2. The molecule has 0 saturated heterocycles. The van der Waals surface area contributed by atoms with Crippen LogP contribution in [-0.2, 0) is 19.7 Å². The lowest BCUT2D eigenvalue weighted by Crippen LogP contribution is -2.13. The Kier molecular flexibility index (Phi) is 7.10. The maximum absolute atomic E-state index is 5.97. The molecule has 2 aromatic carbocycles. The summed E-state index contributed by atoms with van der Waals surface area (Å²) >= 11 is 9.52. The third-order valence-electron chi connectivity index (χ3n) is 3.97. The summed E-state index contributed by atoms with van der Waals surface area (Å²) in [5.41, 5.74) is 3.28. The van der Waals surface area contributed by atoms with Gasteiger partial charge in [0.2, 0.25) is 0 Å². The van der Waals surface area contributed by atoms with Crippen LogP contribution in [-0.4, -0.2) is 12.1 Å². The molecule has 6 heteroatoms. The van der Waals surface area contributed by atoms with E-state index >= 15 is 0 Å². The first-order chi connectivity index (χ1) is 13.2. The van der Waals surface area contributed by atoms with E-state index in [2.05, 4.69) is 26.2 Å². The number of aromatic nitrogens is 1. The van der Waals surface area contributed by atoms with E-state index in [9.17, 15) is 0 Å². The minimum Gasteiger partial charge on any atom is -0.493 e. The molecule has 0 aliphatic rings. The second kappa shape index (κ2) is 9.74. The van der Waals surface area contributed by atoms with E-state index in [0.29, 0.717) is 29.7 Å². The first-order valence-electron chi connectivity index (χ1n) is 8.49. The van der Waals surface area contributed by atoms with Gasteiger partial charge in [0, 0.05) is 30.5 Å². The fourth-order valence-electron chi connectivity index (χ4n) is 2.61. The van der Waals surface area contributed by atoms with Gasteiger partial charge < -0.3 is 14.8 Å². The molecule has 0 bridgehead atoms. The summed E-state index contributed by atoms with van der Waals surface area (Å²) < 4.78 is 12.4. The Labute approximate surface area is 172 Å². The van der Waals surface area contributed by atoms with Crippen LogP contribution in [0.1, 0.15) is 16.7 Å². The Morgan fingerprint density at radius 3 is 2.52 bits per heavy atom. The molecule has 0 radical (unpaired) electrons. The number of rotatable bonds is 8. The largest absolute Gasteiger partial charge is 0.493 e. The van der Waals surface area contributed by atoms with Crippen LogP contribution >= 0.6 is 27.5 Å². The summed E-state index contributed by atoms with van der Waals surface area (Å²) in [4.78, 5) is 4.12. The van der Waals surface area contributed by atoms with Crippen molar-refractivity contribution in [1.29, 1.82) is 0 Å². The van der Waals surface area contributed by atoms with Gasteiger partial charge in [-0.1, -0.05) is 29.8 Å². The van der Waals surface area contributed by atoms with Gasteiger partial charge in [0.1, 0.15) is 6.61 Å². The number of halogens is 2. The molecule has 4 nitrogen and oxygen atoms in total. The molecule has 1 heterocycles. The zero-order valence-corrected chi connectivity index (χ0v) is 17.3. The van der Waals surface area contributed by atoms with Gasteiger partial charge in [-0.15, -0.1) is 0 Å². The highest BCUT2D eigenvalue weighted by molar-refractivity contribution is 9.10. The van der Waals surface area contributed by atoms with Crippen molar-refractivity contribution < 1.29 is 9.47 Å². The molecule has 3 rings (SSSR count). The van der Waals surface area contributed by atoms with Gasteiger partial charge >= 0.3 is 0 Å². The summed E-state index contributed by atoms with van der Waals surface area (Å²) in [6.07, 6.45) is 3.63. The summed E-state index contributed by atoms with van der Waals surface area (Å²) in [7, 11) is 1.64. The number of hydrogen-bond acceptors (Lipinski definition) is 4. The maximum atomic E-state index is 5.97. The maximum Gasteiger partial charge on any atom is 0.175 e. The van der Waals surface area contributed by atoms with Crippen molar-refractivity contribution in [2.45, 2.75) is 19.7 Å². The Hall–Kier alpha value is -2.08. The quantitative estimate of drug-likeness (QED) is 0.504. The molecule has 0 amide bonds. The lowest BCUT2D eigenvalue weighted by Gasteiger charge is -2.15. The van der Waals surface area contributed by atoms with Crippen molar-refractivity contribution in [1.82, 2.24) is 10.3 Å². The van der Waals surface area contributed by atoms with Gasteiger partial charge in [-0.05, 0) is 63.0 Å². The fraction of sp³-hybridized carbons (Fsp3) is 0.190. The minimum absolute atomic E-state index is 0.435. The number of nitrogens with one attached hydrogen (secondary N) is 1. The Morgan fingerprint density at radius 1 is 1.04 bits per heavy atom. The Balaban J connectivity index is 1.64. The fourth-order valence-corrected chi connectivity index (χ4v) is 3.34. The standard InChI is InChI=1S/C21H20BrClN2O2/c1-26-20-10-17(13-25-12-16-3-2-8-24-11-16)9-19(22)21(20)27-14-15-4-6-18(23)7-5-15/h2-11,25H,12-14H2,1H3. The van der Waals surface area contributed by atoms with Crippen molar-refractivity contribution in [2.24, 2.45) is 0 Å². The number of hydrogen-bond donors (Lipinski definition) is 1. The predicted octanol–water partition coefficient (Wildman–Crippen LogP) is 5.37. The highest BCUT2D eigenvalue weighted by Crippen LogP contribution is 2.37. The molecular formula is C21H20BrClN2O2. The smallest absolute Gasteiger partial charge is 0.175 e. The third-order valence-corrected chi connectivity index (χ3v) is 4.81. The van der Waals surface area contributed by atoms with Gasteiger partial charge in [-0.25, -0.2) is 0 Å². The molecule has 0 spiro atoms. The van der Waals surface area contributed by atoms with Crippen LogP contribution in [0.3, 0.4) is 0 Å². The van der Waals surface area contributed by atoms with Gasteiger partial charge in [0.15, 0.2) is 11.5 Å². The molecule has 1 N–H and O–H groups in total. The molecule has 0 aliphatic heterocycles. The molecule has 3 aromatic rings. The van der Waals surface area contributed by atoms with Crippen LogP contribution in [0.25, 0.3) is 0 Å². The van der Waals surface area contributed by atoms with E-state index in [4.69, 9.17) is 21.1 Å². The molecule has 0 fully saturated rings. The number of benzene rings is 2. The van der Waals surface area contributed by atoms with Gasteiger partial charge in [-0.2, -0.15) is 0 Å². The monoisotopic (exact) mass is 446 g/mol. The normalized spacial score (nSPS) is 10.6. The van der Waals surface area contributed by atoms with E-state index < -0.39 is 0 Å². The van der Waals surface area contributed by atoms with Crippen molar-refractivity contribution in [3.8, 4) is 11.5 Å². The van der Waals surface area contributed by atoms with Crippen molar-refractivity contribution in [3.63, 3.8) is 0 Å². The SMILES string of the molecule is COc1cc(CNCc2cccnc2)cc(Br)c1OCc1ccc(Cl)cc1. The third kappa shape index (κ3) is 5.70. The van der Waals surface area contributed by atoms with Crippen molar-refractivity contribution >= 4 is 27.5 Å². The summed E-state index contributed by atoms with van der Waals surface area (Å²) in [6, 6.07) is 15.6. The molecule has 1 aromatic heterocycles. The van der Waals surface area contributed by atoms with E-state index in [1.807, 2.05) is 54.7 Å². The number of pyridine rings is 1. The first-order valence-corrected chi connectivity index (χ1v) is 9.66. The number of nitrogens with zero attached hydrogens (tertiary/aromatic N) is 1. The molecule has 0 saturated carbocycles. The van der Waals surface area contributed by atoms with Gasteiger partial charge in [0.25, 0.3) is 0 Å². The Bertz CT molecular complexity index is 873. The average Bonchev–Trinajstić information content (AvgIpc) is 2.69. The molecule has 0 atom stereocenters. The Morgan fingerprint density at radius 2 is 1.81 bits per heavy atom. The van der Waals surface area contributed by atoms with E-state index in [0.717, 1.165) is 27.7 Å². The van der Waals surface area contributed by atoms with Crippen LogP contribution in [0, 0.1) is 0 Å². The topological polar surface area (TPSA) is 43.4 Å². The first kappa shape index (κ1) is 19.7. The van der Waals surface area contributed by atoms with Gasteiger partial charge in [-0.3, -0.25) is 4.98 Å². The van der Waals surface area contributed by atoms with E-state index in [1.165, 1.54) is 0 Å². The van der Waals surface area contributed by atoms with E-state index in [-0.39, 0.29) is 0 Å². The molecule has 0 unspecified atom stereocenters. The summed E-state index contributed by atoms with van der Waals surface area (Å²) in [5, 5.41) is 4.12. The lowest BCUT2D eigenvalue weighted by molar-refractivity contribution is 0.282. The summed E-state index contributed by atoms with van der Waals surface area (Å²) in [6.45, 7) is 1.90. The lowest BCUT2D eigenvalue weighted by atomic mass is 10.2. The molecule has 27 heavy (non-hydrogen) atoms. The molecule has 0 aliphatic carbocycles. The average molecular weight is 448 g/mol. The second-order valence-electron chi connectivity index (χ2n) is 5.99. The van der Waals surface area contributed by atoms with Crippen LogP contribution in [0.2, 0.25) is 5.02 Å². The zero-order valence-electron chi connectivity index (χ0n) is 14.9. The van der Waals surface area contributed by atoms with Crippen molar-refractivity contribution in [2.75, 3.05) is 7.11 Å². The van der Waals surface area contributed by atoms with Gasteiger partial charge in [0.05, 0.1) is 11.6 Å². The van der Waals surface area contributed by atoms with Crippen LogP contribution in [0.15, 0.2) is 65.4 Å². The summed E-state index contributed by atoms with van der Waals surface area (Å²) in [5.74, 6) is 1.37. The second-order valence-corrected chi connectivity index (χ2v) is 7.28. The highest BCUT2D eigenvalue weighted by atomic mass is 79.9. The number of methoxy groups -OCH3 is 1. The van der Waals surface area contributed by atoms with Crippen LogP contribution in [0.4, 0.5) is 0 Å². The van der Waals surface area contributed by atoms with Crippen LogP contribution < -0.4 is 14.8 Å². The van der Waals surface area contributed by atoms with E-state index in [1.54, 1.807) is 13.3 Å². The van der Waals surface area contributed by atoms with Crippen LogP contribution in [0.5, 0.6) is 11.5 Å². The minimum atomic E-state index is 0.435. The zero-order chi connectivity index (χ0) is 19.1. The highest BCUT2D eigenvalue weighted by Gasteiger charge is 2.12. The predicted molar refractivity (Wildman–Crippen MR) is 111 cm³/mol.